The van der Waals surface area contributed by atoms with Crippen LogP contribution in [0.4, 0.5) is 5.82 Å². The molecule has 0 saturated heterocycles. The van der Waals surface area contributed by atoms with Gasteiger partial charge in [-0.15, -0.1) is 0 Å². The fraction of sp³-hybridized carbons (Fsp3) is 0.273. The number of primary amides is 1. The van der Waals surface area contributed by atoms with Crippen molar-refractivity contribution in [1.82, 2.24) is 5.32 Å². The van der Waals surface area contributed by atoms with Crippen molar-refractivity contribution in [3.63, 3.8) is 0 Å². The second kappa shape index (κ2) is 11.5. The molecule has 1 aliphatic heterocycles. The first kappa shape index (κ1) is 28.6. The van der Waals surface area contributed by atoms with Crippen LogP contribution in [0.5, 0.6) is 11.5 Å². The van der Waals surface area contributed by atoms with Crippen LogP contribution in [0.25, 0.3) is 0 Å². The van der Waals surface area contributed by atoms with Gasteiger partial charge in [-0.1, -0.05) is 44.2 Å². The summed E-state index contributed by atoms with van der Waals surface area (Å²) in [5.74, 6) is -0.517. The number of methoxy groups -OCH3 is 1. The Morgan fingerprint density at radius 3 is 2.55 bits per heavy atom. The van der Waals surface area contributed by atoms with Crippen molar-refractivity contribution in [1.29, 1.82) is 0 Å². The maximum atomic E-state index is 13.8. The lowest BCUT2D eigenvalue weighted by Gasteiger charge is -2.41. The van der Waals surface area contributed by atoms with Crippen LogP contribution in [-0.2, 0) is 16.2 Å². The molecule has 2 aromatic carbocycles. The number of rotatable bonds is 8. The van der Waals surface area contributed by atoms with E-state index in [1.165, 1.54) is 0 Å². The zero-order valence-corrected chi connectivity index (χ0v) is 24.1. The fourth-order valence-corrected chi connectivity index (χ4v) is 5.84. The highest BCUT2D eigenvalue weighted by Gasteiger charge is 2.46. The number of aromatic nitrogens is 1. The van der Waals surface area contributed by atoms with E-state index in [-0.39, 0.29) is 29.3 Å². The van der Waals surface area contributed by atoms with Gasteiger partial charge in [0.25, 0.3) is 11.7 Å². The Labute approximate surface area is 244 Å². The average Bonchev–Trinajstić information content (AvgIpc) is 2.95. The Kier molecular flexibility index (Phi) is 7.85. The zero-order chi connectivity index (χ0) is 30.0. The summed E-state index contributed by atoms with van der Waals surface area (Å²) in [5.41, 5.74) is 8.89. The SMILES string of the molecule is COc1ccc(C2C(C(=O)Nc3cccc[nH+]3)=C(C)NC3=CC(C)(C)CC(=O)C32)cc1COc1ccccc1C(N)=O. The molecule has 2 atom stereocenters. The van der Waals surface area contributed by atoms with Crippen LogP contribution in [0.3, 0.4) is 0 Å². The number of H-pyrrole nitrogens is 1. The number of nitrogens with one attached hydrogen (secondary N) is 3. The minimum atomic E-state index is -0.592. The van der Waals surface area contributed by atoms with E-state index >= 15 is 0 Å². The Bertz CT molecular complexity index is 1610. The molecule has 1 aliphatic carbocycles. The zero-order valence-electron chi connectivity index (χ0n) is 24.1. The summed E-state index contributed by atoms with van der Waals surface area (Å²) < 4.78 is 11.7. The number of allylic oxidation sites excluding steroid dienone is 3. The smallest absolute Gasteiger partial charge is 0.337 e. The molecule has 2 heterocycles. The lowest BCUT2D eigenvalue weighted by Crippen LogP contribution is -2.44. The highest BCUT2D eigenvalue weighted by atomic mass is 16.5. The first-order valence-electron chi connectivity index (χ1n) is 13.8. The lowest BCUT2D eigenvalue weighted by atomic mass is 9.66. The molecule has 5 rings (SSSR count). The van der Waals surface area contributed by atoms with Gasteiger partial charge in [-0.25, -0.2) is 15.1 Å². The van der Waals surface area contributed by atoms with Gasteiger partial charge >= 0.3 is 5.91 Å². The van der Waals surface area contributed by atoms with Crippen molar-refractivity contribution in [3.8, 4) is 11.5 Å². The molecule has 2 aliphatic rings. The maximum Gasteiger partial charge on any atom is 0.337 e. The number of fused-ring (bicyclic) bond motifs is 1. The predicted molar refractivity (Wildman–Crippen MR) is 157 cm³/mol. The summed E-state index contributed by atoms with van der Waals surface area (Å²) in [5, 5.41) is 6.33. The third-order valence-electron chi connectivity index (χ3n) is 7.64. The van der Waals surface area contributed by atoms with Crippen LogP contribution in [0.2, 0.25) is 0 Å². The molecule has 2 unspecified atom stereocenters. The summed E-state index contributed by atoms with van der Waals surface area (Å²) in [6, 6.07) is 17.8. The summed E-state index contributed by atoms with van der Waals surface area (Å²) in [4.78, 5) is 42.5. The number of ether oxygens (including phenoxy) is 2. The van der Waals surface area contributed by atoms with Gasteiger partial charge in [0.1, 0.15) is 23.9 Å². The quantitative estimate of drug-likeness (QED) is 0.372. The maximum absolute atomic E-state index is 13.8. The number of carbonyl (C=O) groups is 3. The van der Waals surface area contributed by atoms with E-state index < -0.39 is 17.7 Å². The van der Waals surface area contributed by atoms with Crippen LogP contribution >= 0.6 is 0 Å². The summed E-state index contributed by atoms with van der Waals surface area (Å²) in [6.07, 6.45) is 4.19. The molecular formula is C33H35N4O5+. The van der Waals surface area contributed by atoms with E-state index in [0.29, 0.717) is 40.6 Å². The Hall–Kier alpha value is -4.92. The van der Waals surface area contributed by atoms with Gasteiger partial charge in [-0.3, -0.25) is 9.59 Å². The summed E-state index contributed by atoms with van der Waals surface area (Å²) in [6.45, 7) is 5.99. The number of para-hydroxylation sites is 1. The second-order valence-electron chi connectivity index (χ2n) is 11.3. The first-order valence-corrected chi connectivity index (χ1v) is 13.8. The number of hydrogen-bond acceptors (Lipinski definition) is 6. The number of anilines is 1. The molecule has 9 heteroatoms. The standard InChI is InChI=1S/C33H34N4O5/c1-19-28(32(40)37-27-11-7-8-14-35-27)29(30-23(36-19)16-33(2,3)17-24(30)38)20-12-13-25(41-4)21(15-20)18-42-26-10-6-5-9-22(26)31(34)39/h5-16,29-30,36H,17-18H2,1-4H3,(H2,34,39)(H,35,37,40)/p+1. The van der Waals surface area contributed by atoms with E-state index in [1.54, 1.807) is 43.6 Å². The minimum Gasteiger partial charge on any atom is -0.496 e. The number of Topliss-reactive ketones (excluding diaryl/α,β-unsaturated/α-hetero) is 1. The molecule has 9 nitrogen and oxygen atoms in total. The Morgan fingerprint density at radius 1 is 1.07 bits per heavy atom. The number of aromatic amines is 1. The third-order valence-corrected chi connectivity index (χ3v) is 7.64. The second-order valence-corrected chi connectivity index (χ2v) is 11.3. The molecule has 42 heavy (non-hydrogen) atoms. The molecule has 0 bridgehead atoms. The molecule has 216 valence electrons. The minimum absolute atomic E-state index is 0.0584. The van der Waals surface area contributed by atoms with Crippen molar-refractivity contribution in [2.45, 2.75) is 39.7 Å². The predicted octanol–water partition coefficient (Wildman–Crippen LogP) is 4.29. The molecule has 5 N–H and O–H groups in total. The number of amides is 2. The molecule has 2 amide bonds. The molecule has 0 spiro atoms. The number of carbonyl (C=O) groups excluding carboxylic acids is 3. The summed E-state index contributed by atoms with van der Waals surface area (Å²) >= 11 is 0. The highest BCUT2D eigenvalue weighted by molar-refractivity contribution is 6.06. The normalized spacial score (nSPS) is 19.2. The molecule has 0 saturated carbocycles. The van der Waals surface area contributed by atoms with Crippen molar-refractivity contribution in [2.24, 2.45) is 17.1 Å². The van der Waals surface area contributed by atoms with Crippen LogP contribution in [0.15, 0.2) is 89.9 Å². The number of benzene rings is 2. The number of ketones is 1. The lowest BCUT2D eigenvalue weighted by molar-refractivity contribution is -0.360. The van der Waals surface area contributed by atoms with Crippen LogP contribution in [0.1, 0.15) is 54.6 Å². The van der Waals surface area contributed by atoms with Gasteiger partial charge in [0, 0.05) is 35.4 Å². The van der Waals surface area contributed by atoms with E-state index in [0.717, 1.165) is 11.3 Å². The average molecular weight is 568 g/mol. The highest BCUT2D eigenvalue weighted by Crippen LogP contribution is 2.47. The topological polar surface area (TPSA) is 134 Å². The number of nitrogens with two attached hydrogens (primary N) is 1. The van der Waals surface area contributed by atoms with Gasteiger partial charge in [-0.2, -0.15) is 0 Å². The van der Waals surface area contributed by atoms with E-state index in [4.69, 9.17) is 15.2 Å². The van der Waals surface area contributed by atoms with E-state index in [1.807, 2.05) is 51.1 Å². The molecular weight excluding hydrogens is 532 g/mol. The van der Waals surface area contributed by atoms with Crippen LogP contribution in [-0.4, -0.2) is 24.7 Å². The van der Waals surface area contributed by atoms with Crippen molar-refractivity contribution in [3.05, 3.63) is 107 Å². The van der Waals surface area contributed by atoms with Gasteiger partial charge in [0.15, 0.2) is 0 Å². The van der Waals surface area contributed by atoms with Crippen molar-refractivity contribution < 1.29 is 28.8 Å². The van der Waals surface area contributed by atoms with E-state index in [2.05, 4.69) is 21.7 Å². The van der Waals surface area contributed by atoms with Gasteiger partial charge < -0.3 is 20.5 Å². The number of hydrogen-bond donors (Lipinski definition) is 3. The molecule has 1 aromatic heterocycles. The third kappa shape index (κ3) is 5.76. The van der Waals surface area contributed by atoms with Crippen molar-refractivity contribution in [2.75, 3.05) is 12.4 Å². The first-order chi connectivity index (χ1) is 20.1. The van der Waals surface area contributed by atoms with E-state index in [9.17, 15) is 14.4 Å². The van der Waals surface area contributed by atoms with Crippen LogP contribution < -0.4 is 30.8 Å². The largest absolute Gasteiger partial charge is 0.496 e. The van der Waals surface area contributed by atoms with Crippen LogP contribution in [0, 0.1) is 11.3 Å². The van der Waals surface area contributed by atoms with Gasteiger partial charge in [0.05, 0.1) is 30.4 Å². The summed E-state index contributed by atoms with van der Waals surface area (Å²) in [7, 11) is 1.56. The fourth-order valence-electron chi connectivity index (χ4n) is 5.84. The Balaban J connectivity index is 1.58. The van der Waals surface area contributed by atoms with Gasteiger partial charge in [-0.05, 0) is 48.2 Å². The molecule has 3 aromatic rings. The van der Waals surface area contributed by atoms with Crippen molar-refractivity contribution >= 4 is 23.4 Å². The molecule has 0 fully saturated rings. The number of pyridine rings is 1. The van der Waals surface area contributed by atoms with Gasteiger partial charge in [0.2, 0.25) is 0 Å². The monoisotopic (exact) mass is 567 g/mol. The molecule has 0 radical (unpaired) electrons. The Morgan fingerprint density at radius 2 is 1.83 bits per heavy atom.